The van der Waals surface area contributed by atoms with Gasteiger partial charge in [0.2, 0.25) is 5.43 Å². The molecule has 1 aromatic heterocycles. The van der Waals surface area contributed by atoms with Crippen molar-refractivity contribution in [3.63, 3.8) is 0 Å². The SMILES string of the molecule is C#CCCCn1cc(C(=O)O)c(=O)c2ccccc21. The standard InChI is InChI=1S/C15H13NO3/c1-2-3-6-9-16-10-12(15(18)19)14(17)11-7-4-5-8-13(11)16/h1,4-5,7-8,10H,3,6,9H2,(H,18,19). The number of aromatic nitrogens is 1. The summed E-state index contributed by atoms with van der Waals surface area (Å²) in [5.41, 5.74) is 0.0743. The Morgan fingerprint density at radius 1 is 1.37 bits per heavy atom. The molecule has 2 rings (SSSR count). The molecule has 0 saturated carbocycles. The van der Waals surface area contributed by atoms with Crippen molar-refractivity contribution in [3.8, 4) is 12.3 Å². The fourth-order valence-corrected chi connectivity index (χ4v) is 2.03. The van der Waals surface area contributed by atoms with E-state index < -0.39 is 11.4 Å². The zero-order valence-corrected chi connectivity index (χ0v) is 10.3. The van der Waals surface area contributed by atoms with Crippen LogP contribution < -0.4 is 5.43 Å². The molecule has 19 heavy (non-hydrogen) atoms. The van der Waals surface area contributed by atoms with Crippen LogP contribution in [-0.2, 0) is 6.54 Å². The molecule has 4 nitrogen and oxygen atoms in total. The van der Waals surface area contributed by atoms with E-state index in [0.717, 1.165) is 11.9 Å². The predicted molar refractivity (Wildman–Crippen MR) is 73.2 cm³/mol. The summed E-state index contributed by atoms with van der Waals surface area (Å²) in [5, 5.41) is 9.50. The normalized spacial score (nSPS) is 10.3. The number of carboxylic acids is 1. The van der Waals surface area contributed by atoms with E-state index >= 15 is 0 Å². The number of unbranched alkanes of at least 4 members (excludes halogenated alkanes) is 1. The van der Waals surface area contributed by atoms with Gasteiger partial charge in [-0.25, -0.2) is 4.79 Å². The molecule has 1 N–H and O–H groups in total. The van der Waals surface area contributed by atoms with E-state index in [2.05, 4.69) is 5.92 Å². The number of carboxylic acid groups (broad SMARTS) is 1. The van der Waals surface area contributed by atoms with Crippen molar-refractivity contribution < 1.29 is 9.90 Å². The largest absolute Gasteiger partial charge is 0.477 e. The van der Waals surface area contributed by atoms with Crippen molar-refractivity contribution >= 4 is 16.9 Å². The highest BCUT2D eigenvalue weighted by Gasteiger charge is 2.13. The van der Waals surface area contributed by atoms with Gasteiger partial charge in [-0.3, -0.25) is 4.79 Å². The summed E-state index contributed by atoms with van der Waals surface area (Å²) in [7, 11) is 0. The number of fused-ring (bicyclic) bond motifs is 1. The van der Waals surface area contributed by atoms with Gasteiger partial charge in [-0.15, -0.1) is 12.3 Å². The minimum atomic E-state index is -1.21. The Hall–Kier alpha value is -2.54. The van der Waals surface area contributed by atoms with Gasteiger partial charge in [0, 0.05) is 24.5 Å². The molecule has 0 unspecified atom stereocenters. The Balaban J connectivity index is 2.62. The van der Waals surface area contributed by atoms with Gasteiger partial charge in [0.15, 0.2) is 0 Å². The van der Waals surface area contributed by atoms with E-state index in [1.807, 2.05) is 6.07 Å². The van der Waals surface area contributed by atoms with Crippen LogP contribution in [0.5, 0.6) is 0 Å². The summed E-state index contributed by atoms with van der Waals surface area (Å²) in [5.74, 6) is 1.34. The monoisotopic (exact) mass is 255 g/mol. The number of aryl methyl sites for hydroxylation is 1. The molecule has 0 aliphatic carbocycles. The van der Waals surface area contributed by atoms with Crippen molar-refractivity contribution in [1.29, 1.82) is 0 Å². The zero-order chi connectivity index (χ0) is 13.8. The van der Waals surface area contributed by atoms with Gasteiger partial charge < -0.3 is 9.67 Å². The lowest BCUT2D eigenvalue weighted by Crippen LogP contribution is -2.18. The zero-order valence-electron chi connectivity index (χ0n) is 10.3. The number of hydrogen-bond acceptors (Lipinski definition) is 2. The Bertz CT molecular complexity index is 722. The Kier molecular flexibility index (Phi) is 3.67. The third kappa shape index (κ3) is 2.50. The topological polar surface area (TPSA) is 59.3 Å². The van der Waals surface area contributed by atoms with E-state index in [4.69, 9.17) is 11.5 Å². The molecule has 0 saturated heterocycles. The summed E-state index contributed by atoms with van der Waals surface area (Å²) in [6.07, 6.45) is 7.95. The van der Waals surface area contributed by atoms with Crippen LogP contribution in [0.1, 0.15) is 23.2 Å². The van der Waals surface area contributed by atoms with Gasteiger partial charge in [-0.1, -0.05) is 12.1 Å². The van der Waals surface area contributed by atoms with Crippen LogP contribution in [0.4, 0.5) is 0 Å². The number of nitrogens with zero attached hydrogens (tertiary/aromatic N) is 1. The average molecular weight is 255 g/mol. The highest BCUT2D eigenvalue weighted by atomic mass is 16.4. The molecule has 96 valence electrons. The van der Waals surface area contributed by atoms with Crippen LogP contribution in [-0.4, -0.2) is 15.6 Å². The Morgan fingerprint density at radius 3 is 2.79 bits per heavy atom. The Labute approximate surface area is 110 Å². The first-order valence-electron chi connectivity index (χ1n) is 5.94. The second-order valence-electron chi connectivity index (χ2n) is 4.20. The molecule has 4 heteroatoms. The molecule has 0 aliphatic heterocycles. The minimum Gasteiger partial charge on any atom is -0.477 e. The number of benzene rings is 1. The molecule has 0 bridgehead atoms. The molecular weight excluding hydrogens is 242 g/mol. The Morgan fingerprint density at radius 2 is 2.11 bits per heavy atom. The molecular formula is C15H13NO3. The lowest BCUT2D eigenvalue weighted by molar-refractivity contribution is 0.0695. The smallest absolute Gasteiger partial charge is 0.341 e. The third-order valence-electron chi connectivity index (χ3n) is 2.94. The average Bonchev–Trinajstić information content (AvgIpc) is 2.41. The van der Waals surface area contributed by atoms with Crippen molar-refractivity contribution in [2.75, 3.05) is 0 Å². The van der Waals surface area contributed by atoms with E-state index in [0.29, 0.717) is 18.4 Å². The van der Waals surface area contributed by atoms with Crippen LogP contribution in [0, 0.1) is 12.3 Å². The van der Waals surface area contributed by atoms with Crippen molar-refractivity contribution in [1.82, 2.24) is 4.57 Å². The fourth-order valence-electron chi connectivity index (χ4n) is 2.03. The highest BCUT2D eigenvalue weighted by Crippen LogP contribution is 2.12. The maximum Gasteiger partial charge on any atom is 0.341 e. The number of hydrogen-bond donors (Lipinski definition) is 1. The number of terminal acetylenes is 1. The van der Waals surface area contributed by atoms with E-state index in [1.165, 1.54) is 6.20 Å². The lowest BCUT2D eigenvalue weighted by Gasteiger charge is -2.11. The number of pyridine rings is 1. The summed E-state index contributed by atoms with van der Waals surface area (Å²) in [6.45, 7) is 0.589. The molecule has 1 heterocycles. The van der Waals surface area contributed by atoms with Crippen molar-refractivity contribution in [2.24, 2.45) is 0 Å². The van der Waals surface area contributed by atoms with Crippen molar-refractivity contribution in [3.05, 3.63) is 46.2 Å². The van der Waals surface area contributed by atoms with Gasteiger partial charge in [0.05, 0.1) is 5.52 Å². The van der Waals surface area contributed by atoms with Gasteiger partial charge in [0.1, 0.15) is 5.56 Å². The maximum atomic E-state index is 12.0. The molecule has 0 aliphatic rings. The summed E-state index contributed by atoms with van der Waals surface area (Å²) >= 11 is 0. The minimum absolute atomic E-state index is 0.209. The quantitative estimate of drug-likeness (QED) is 0.672. The molecule has 0 fully saturated rings. The summed E-state index contributed by atoms with van der Waals surface area (Å²) in [4.78, 5) is 23.1. The summed E-state index contributed by atoms with van der Waals surface area (Å²) < 4.78 is 1.78. The van der Waals surface area contributed by atoms with Crippen LogP contribution in [0.3, 0.4) is 0 Å². The molecule has 0 spiro atoms. The van der Waals surface area contributed by atoms with Gasteiger partial charge in [-0.2, -0.15) is 0 Å². The number of carbonyl (C=O) groups is 1. The lowest BCUT2D eigenvalue weighted by atomic mass is 10.1. The van der Waals surface area contributed by atoms with E-state index in [-0.39, 0.29) is 5.56 Å². The van der Waals surface area contributed by atoms with Gasteiger partial charge in [0.25, 0.3) is 0 Å². The number of para-hydroxylation sites is 1. The molecule has 0 atom stereocenters. The first kappa shape index (κ1) is 12.9. The first-order valence-corrected chi connectivity index (χ1v) is 5.94. The first-order chi connectivity index (χ1) is 9.15. The van der Waals surface area contributed by atoms with Crippen LogP contribution in [0.25, 0.3) is 10.9 Å². The molecule has 1 aromatic carbocycles. The van der Waals surface area contributed by atoms with E-state index in [9.17, 15) is 9.59 Å². The molecule has 0 amide bonds. The van der Waals surface area contributed by atoms with Crippen LogP contribution >= 0.6 is 0 Å². The van der Waals surface area contributed by atoms with E-state index in [1.54, 1.807) is 22.8 Å². The third-order valence-corrected chi connectivity index (χ3v) is 2.94. The van der Waals surface area contributed by atoms with Gasteiger partial charge >= 0.3 is 5.97 Å². The molecule has 0 radical (unpaired) electrons. The number of rotatable bonds is 4. The van der Waals surface area contributed by atoms with Crippen LogP contribution in [0.2, 0.25) is 0 Å². The second-order valence-corrected chi connectivity index (χ2v) is 4.20. The predicted octanol–water partition coefficient (Wildman–Crippen LogP) is 2.11. The highest BCUT2D eigenvalue weighted by molar-refractivity contribution is 5.92. The number of aromatic carboxylic acids is 1. The fraction of sp³-hybridized carbons (Fsp3) is 0.200. The summed E-state index contributed by atoms with van der Waals surface area (Å²) in [6, 6.07) is 6.99. The molecule has 2 aromatic rings. The maximum absolute atomic E-state index is 12.0. The second kappa shape index (κ2) is 5.40. The van der Waals surface area contributed by atoms with Crippen molar-refractivity contribution in [2.45, 2.75) is 19.4 Å². The van der Waals surface area contributed by atoms with Gasteiger partial charge in [-0.05, 0) is 18.6 Å². The van der Waals surface area contributed by atoms with Crippen LogP contribution in [0.15, 0.2) is 35.3 Å².